The summed E-state index contributed by atoms with van der Waals surface area (Å²) in [6.45, 7) is 15.3. The molecule has 1 fully saturated rings. The maximum atomic E-state index is 12.9. The first-order valence-electron chi connectivity index (χ1n) is 26.2. The van der Waals surface area contributed by atoms with Gasteiger partial charge < -0.3 is 24.0 Å². The molecule has 8 nitrogen and oxygen atoms in total. The highest BCUT2D eigenvalue weighted by molar-refractivity contribution is 5.70. The summed E-state index contributed by atoms with van der Waals surface area (Å²) < 4.78 is 17.0. The van der Waals surface area contributed by atoms with E-state index in [0.29, 0.717) is 44.3 Å². The number of unbranched alkanes of at least 4 members (excludes halogenated alkanes) is 22. The van der Waals surface area contributed by atoms with Crippen molar-refractivity contribution in [2.45, 2.75) is 252 Å². The van der Waals surface area contributed by atoms with Crippen LogP contribution in [-0.4, -0.2) is 86.8 Å². The van der Waals surface area contributed by atoms with Gasteiger partial charge in [0, 0.05) is 45.4 Å². The number of rotatable bonds is 43. The van der Waals surface area contributed by atoms with Gasteiger partial charge in [-0.3, -0.25) is 14.4 Å². The topological polar surface area (TPSA) is 85.4 Å². The van der Waals surface area contributed by atoms with E-state index < -0.39 is 0 Å². The molecule has 0 atom stereocenters. The summed E-state index contributed by atoms with van der Waals surface area (Å²) in [5, 5.41) is 0. The largest absolute Gasteiger partial charge is 0.465 e. The maximum Gasteiger partial charge on any atom is 0.306 e. The smallest absolute Gasteiger partial charge is 0.306 e. The summed E-state index contributed by atoms with van der Waals surface area (Å²) in [4.78, 5) is 41.7. The number of hydrogen-bond acceptors (Lipinski definition) is 8. The summed E-state index contributed by atoms with van der Waals surface area (Å²) >= 11 is 0. The normalized spacial score (nSPS) is 13.8. The number of carbonyl (C=O) groups excluding carboxylic acids is 3. The molecule has 0 bridgehead atoms. The van der Waals surface area contributed by atoms with Crippen LogP contribution in [0.2, 0.25) is 0 Å². The van der Waals surface area contributed by atoms with Gasteiger partial charge >= 0.3 is 17.9 Å². The predicted molar refractivity (Wildman–Crippen MR) is 252 cm³/mol. The molecule has 1 aliphatic rings. The molecule has 1 saturated heterocycles. The summed E-state index contributed by atoms with van der Waals surface area (Å²) in [5.41, 5.74) is 0. The van der Waals surface area contributed by atoms with Crippen LogP contribution in [0.15, 0.2) is 0 Å². The van der Waals surface area contributed by atoms with Crippen molar-refractivity contribution in [2.75, 3.05) is 53.0 Å². The van der Waals surface area contributed by atoms with Crippen LogP contribution in [0.1, 0.15) is 246 Å². The molecule has 0 saturated carbocycles. The van der Waals surface area contributed by atoms with E-state index in [1.165, 1.54) is 116 Å². The maximum absolute atomic E-state index is 12.9. The molecule has 0 aromatic heterocycles. The van der Waals surface area contributed by atoms with Gasteiger partial charge in [0.05, 0.1) is 13.2 Å². The first kappa shape index (κ1) is 56.3. The summed E-state index contributed by atoms with van der Waals surface area (Å²) in [6, 6.07) is 0. The minimum absolute atomic E-state index is 0.0131. The molecule has 1 heterocycles. The number of likely N-dealkylation sites (N-methyl/N-ethyl adjacent to an activating group) is 1. The highest BCUT2D eigenvalue weighted by Gasteiger charge is 2.17. The van der Waals surface area contributed by atoms with Gasteiger partial charge in [0.2, 0.25) is 0 Å². The van der Waals surface area contributed by atoms with Crippen molar-refractivity contribution in [2.24, 2.45) is 11.8 Å². The zero-order chi connectivity index (χ0) is 43.7. The Hall–Kier alpha value is -1.67. The number of hydrogen-bond donors (Lipinski definition) is 0. The van der Waals surface area contributed by atoms with Gasteiger partial charge in [-0.05, 0) is 70.4 Å². The minimum atomic E-state index is -0.0153. The van der Waals surface area contributed by atoms with E-state index in [2.05, 4.69) is 44.5 Å². The fourth-order valence-corrected chi connectivity index (χ4v) is 8.46. The zero-order valence-electron chi connectivity index (χ0n) is 40.6. The second-order valence-electron chi connectivity index (χ2n) is 18.7. The highest BCUT2D eigenvalue weighted by atomic mass is 16.5. The Bertz CT molecular complexity index is 922. The molecule has 0 aromatic carbocycles. The second kappa shape index (κ2) is 41.3. The lowest BCUT2D eigenvalue weighted by Gasteiger charge is -2.32. The van der Waals surface area contributed by atoms with Crippen LogP contribution in [0.5, 0.6) is 0 Å². The lowest BCUT2D eigenvalue weighted by Crippen LogP contribution is -2.44. The molecular weight excluding hydrogens is 749 g/mol. The van der Waals surface area contributed by atoms with E-state index in [1.54, 1.807) is 0 Å². The first-order chi connectivity index (χ1) is 29.3. The Morgan fingerprint density at radius 3 is 1.08 bits per heavy atom. The van der Waals surface area contributed by atoms with Crippen molar-refractivity contribution < 1.29 is 28.6 Å². The van der Waals surface area contributed by atoms with E-state index in [1.807, 2.05) is 0 Å². The van der Waals surface area contributed by atoms with Crippen LogP contribution in [-0.2, 0) is 28.6 Å². The van der Waals surface area contributed by atoms with Crippen molar-refractivity contribution in [1.82, 2.24) is 9.80 Å². The van der Waals surface area contributed by atoms with Crippen molar-refractivity contribution in [1.29, 1.82) is 0 Å². The average molecular weight is 849 g/mol. The lowest BCUT2D eigenvalue weighted by atomic mass is 10.0. The highest BCUT2D eigenvalue weighted by Crippen LogP contribution is 2.20. The Kier molecular flexibility index (Phi) is 38.8. The third-order valence-corrected chi connectivity index (χ3v) is 13.3. The number of carbonyl (C=O) groups is 3. The van der Waals surface area contributed by atoms with E-state index in [4.69, 9.17) is 14.2 Å². The Morgan fingerprint density at radius 1 is 0.417 bits per heavy atom. The standard InChI is InChI=1S/C52H100N2O6/c1-6-47(7-2)45-58-50(55)37-32-28-24-20-16-12-10-14-18-22-26-30-35-49(60-52(57)39-34-40-54-43-41-53(5)42-44-54)36-31-27-23-19-15-11-13-17-21-25-29-33-38-51(56)59-46-48(8-3)9-4/h47-49H,6-46H2,1-5H3. The lowest BCUT2D eigenvalue weighted by molar-refractivity contribution is -0.150. The molecule has 0 radical (unpaired) electrons. The van der Waals surface area contributed by atoms with Gasteiger partial charge in [0.1, 0.15) is 6.10 Å². The summed E-state index contributed by atoms with van der Waals surface area (Å²) in [6.07, 6.45) is 38.8. The van der Waals surface area contributed by atoms with Gasteiger partial charge in [-0.1, -0.05) is 182 Å². The third kappa shape index (κ3) is 34.9. The van der Waals surface area contributed by atoms with Crippen LogP contribution in [0.25, 0.3) is 0 Å². The number of esters is 3. The molecule has 0 unspecified atom stereocenters. The Balaban J connectivity index is 2.13. The minimum Gasteiger partial charge on any atom is -0.465 e. The molecular formula is C52H100N2O6. The number of nitrogens with zero attached hydrogens (tertiary/aromatic N) is 2. The molecule has 0 spiro atoms. The van der Waals surface area contributed by atoms with E-state index in [-0.39, 0.29) is 24.0 Å². The van der Waals surface area contributed by atoms with Gasteiger partial charge in [-0.15, -0.1) is 0 Å². The van der Waals surface area contributed by atoms with Crippen molar-refractivity contribution in [3.8, 4) is 0 Å². The average Bonchev–Trinajstić information content (AvgIpc) is 3.25. The van der Waals surface area contributed by atoms with Crippen LogP contribution in [0.3, 0.4) is 0 Å². The molecule has 0 aromatic rings. The van der Waals surface area contributed by atoms with Gasteiger partial charge in [-0.2, -0.15) is 0 Å². The monoisotopic (exact) mass is 849 g/mol. The van der Waals surface area contributed by atoms with Crippen LogP contribution in [0.4, 0.5) is 0 Å². The van der Waals surface area contributed by atoms with Gasteiger partial charge in [0.15, 0.2) is 0 Å². The van der Waals surface area contributed by atoms with Crippen molar-refractivity contribution in [3.05, 3.63) is 0 Å². The molecule has 1 aliphatic heterocycles. The fourth-order valence-electron chi connectivity index (χ4n) is 8.46. The first-order valence-corrected chi connectivity index (χ1v) is 26.2. The molecule has 0 N–H and O–H groups in total. The van der Waals surface area contributed by atoms with Crippen LogP contribution < -0.4 is 0 Å². The SMILES string of the molecule is CCC(CC)COC(=O)CCCCCCCCCCCCCCC(CCCCCCCCCCCCCCC(=O)OCC(CC)CC)OC(=O)CCCN1CCN(C)CC1. The van der Waals surface area contributed by atoms with Crippen molar-refractivity contribution >= 4 is 17.9 Å². The van der Waals surface area contributed by atoms with E-state index >= 15 is 0 Å². The van der Waals surface area contributed by atoms with E-state index in [0.717, 1.165) is 116 Å². The molecule has 0 aliphatic carbocycles. The molecule has 1 rings (SSSR count). The van der Waals surface area contributed by atoms with Gasteiger partial charge in [-0.25, -0.2) is 0 Å². The molecule has 8 heteroatoms. The zero-order valence-corrected chi connectivity index (χ0v) is 40.6. The Morgan fingerprint density at radius 2 is 0.733 bits per heavy atom. The van der Waals surface area contributed by atoms with Crippen LogP contribution in [0, 0.1) is 11.8 Å². The predicted octanol–water partition coefficient (Wildman–Crippen LogP) is 13.8. The Labute approximate surface area is 372 Å². The van der Waals surface area contributed by atoms with Crippen LogP contribution >= 0.6 is 0 Å². The third-order valence-electron chi connectivity index (χ3n) is 13.3. The molecule has 0 amide bonds. The summed E-state index contributed by atoms with van der Waals surface area (Å²) in [5.74, 6) is 1.00. The van der Waals surface area contributed by atoms with Crippen molar-refractivity contribution in [3.63, 3.8) is 0 Å². The quantitative estimate of drug-likeness (QED) is 0.0341. The fraction of sp³-hybridized carbons (Fsp3) is 0.942. The molecule has 60 heavy (non-hydrogen) atoms. The summed E-state index contributed by atoms with van der Waals surface area (Å²) in [7, 11) is 2.19. The van der Waals surface area contributed by atoms with E-state index in [9.17, 15) is 14.4 Å². The molecule has 354 valence electrons. The number of piperazine rings is 1. The number of ether oxygens (including phenoxy) is 3. The van der Waals surface area contributed by atoms with Gasteiger partial charge in [0.25, 0.3) is 0 Å². The second-order valence-corrected chi connectivity index (χ2v) is 18.7.